The minimum Gasteiger partial charge on any atom is -0.465 e. The molecule has 11 heteroatoms. The highest BCUT2D eigenvalue weighted by Gasteiger charge is 2.26. The number of benzene rings is 2. The van der Waals surface area contributed by atoms with Crippen LogP contribution in [0.3, 0.4) is 0 Å². The minimum atomic E-state index is -3.59. The molecular formula is C24H27N3O7S. The zero-order chi connectivity index (χ0) is 25.4. The van der Waals surface area contributed by atoms with Crippen LogP contribution in [0.1, 0.15) is 26.3 Å². The van der Waals surface area contributed by atoms with Crippen molar-refractivity contribution in [2.24, 2.45) is 0 Å². The van der Waals surface area contributed by atoms with Crippen LogP contribution in [-0.4, -0.2) is 82.4 Å². The maximum atomic E-state index is 12.7. The van der Waals surface area contributed by atoms with E-state index in [0.717, 1.165) is 5.56 Å². The number of methoxy groups -OCH3 is 2. The molecule has 186 valence electrons. The van der Waals surface area contributed by atoms with Gasteiger partial charge < -0.3 is 14.8 Å². The van der Waals surface area contributed by atoms with Crippen molar-refractivity contribution in [2.75, 3.05) is 52.3 Å². The minimum absolute atomic E-state index is 0.0171. The molecule has 2 aromatic carbocycles. The zero-order valence-corrected chi connectivity index (χ0v) is 20.3. The first-order valence-electron chi connectivity index (χ1n) is 10.8. The number of piperazine rings is 1. The Morgan fingerprint density at radius 2 is 1.60 bits per heavy atom. The molecule has 1 saturated heterocycles. The third kappa shape index (κ3) is 6.98. The number of hydrogen-bond donors (Lipinski definition) is 1. The first-order chi connectivity index (χ1) is 16.7. The Bertz CT molecular complexity index is 1200. The first kappa shape index (κ1) is 26.1. The van der Waals surface area contributed by atoms with Crippen molar-refractivity contribution in [1.29, 1.82) is 0 Å². The van der Waals surface area contributed by atoms with Crippen molar-refractivity contribution in [3.05, 3.63) is 70.6 Å². The van der Waals surface area contributed by atoms with Crippen LogP contribution in [0, 0.1) is 0 Å². The second kappa shape index (κ2) is 11.7. The number of carbonyl (C=O) groups is 3. The summed E-state index contributed by atoms with van der Waals surface area (Å²) in [7, 11) is -1.14. The summed E-state index contributed by atoms with van der Waals surface area (Å²) in [6.45, 7) is 1.17. The van der Waals surface area contributed by atoms with E-state index in [4.69, 9.17) is 4.74 Å². The molecule has 0 spiro atoms. The number of nitrogens with one attached hydrogen (secondary N) is 1. The Hall–Kier alpha value is -3.54. The molecule has 0 radical (unpaired) electrons. The standard InChI is InChI=1S/C24H27N3O7S/c1-33-23(29)19-8-9-20(24(30)34-2)21(16-19)25-22(28)17-26-11-13-27(14-12-26)35(31,32)15-10-18-6-4-3-5-7-18/h3-10,15-16H,11-14,17H2,1-2H3,(H,25,28). The zero-order valence-electron chi connectivity index (χ0n) is 19.5. The van der Waals surface area contributed by atoms with E-state index in [-0.39, 0.29) is 36.4 Å². The van der Waals surface area contributed by atoms with Crippen molar-refractivity contribution >= 4 is 39.6 Å². The predicted molar refractivity (Wildman–Crippen MR) is 130 cm³/mol. The summed E-state index contributed by atoms with van der Waals surface area (Å²) in [6.07, 6.45) is 1.55. The summed E-state index contributed by atoms with van der Waals surface area (Å²) in [5.74, 6) is -1.70. The van der Waals surface area contributed by atoms with Gasteiger partial charge in [-0.15, -0.1) is 0 Å². The van der Waals surface area contributed by atoms with Crippen molar-refractivity contribution in [2.45, 2.75) is 0 Å². The number of hydrogen-bond acceptors (Lipinski definition) is 8. The van der Waals surface area contributed by atoms with E-state index >= 15 is 0 Å². The smallest absolute Gasteiger partial charge is 0.339 e. The van der Waals surface area contributed by atoms with Gasteiger partial charge in [0, 0.05) is 31.6 Å². The largest absolute Gasteiger partial charge is 0.465 e. The van der Waals surface area contributed by atoms with Gasteiger partial charge in [-0.25, -0.2) is 18.0 Å². The van der Waals surface area contributed by atoms with E-state index in [1.165, 1.54) is 42.1 Å². The monoisotopic (exact) mass is 501 g/mol. The Morgan fingerprint density at radius 3 is 2.23 bits per heavy atom. The molecule has 0 bridgehead atoms. The van der Waals surface area contributed by atoms with E-state index in [1.807, 2.05) is 35.2 Å². The number of carbonyl (C=O) groups excluding carboxylic acids is 3. The summed E-state index contributed by atoms with van der Waals surface area (Å²) in [5, 5.41) is 3.83. The molecule has 1 fully saturated rings. The number of amides is 1. The highest BCUT2D eigenvalue weighted by atomic mass is 32.2. The molecule has 2 aromatic rings. The van der Waals surface area contributed by atoms with Crippen LogP contribution in [0.5, 0.6) is 0 Å². The van der Waals surface area contributed by atoms with Crippen molar-refractivity contribution < 1.29 is 32.3 Å². The molecule has 0 unspecified atom stereocenters. The molecule has 35 heavy (non-hydrogen) atoms. The van der Waals surface area contributed by atoms with Crippen LogP contribution >= 0.6 is 0 Å². The average molecular weight is 502 g/mol. The number of nitrogens with zero attached hydrogens (tertiary/aromatic N) is 2. The van der Waals surface area contributed by atoms with Crippen molar-refractivity contribution in [3.63, 3.8) is 0 Å². The third-order valence-electron chi connectivity index (χ3n) is 5.41. The molecule has 0 aromatic heterocycles. The van der Waals surface area contributed by atoms with Crippen LogP contribution in [0.15, 0.2) is 53.9 Å². The number of ether oxygens (including phenoxy) is 2. The molecule has 1 N–H and O–H groups in total. The maximum Gasteiger partial charge on any atom is 0.339 e. The topological polar surface area (TPSA) is 122 Å². The average Bonchev–Trinajstić information content (AvgIpc) is 2.87. The Labute approximate surface area is 204 Å². The highest BCUT2D eigenvalue weighted by Crippen LogP contribution is 2.20. The molecule has 0 aliphatic carbocycles. The molecule has 1 heterocycles. The Morgan fingerprint density at radius 1 is 0.943 bits per heavy atom. The quantitative estimate of drug-likeness (QED) is 0.544. The number of sulfonamides is 1. The lowest BCUT2D eigenvalue weighted by Crippen LogP contribution is -2.49. The normalized spacial score (nSPS) is 15.0. The molecule has 3 rings (SSSR count). The van der Waals surface area contributed by atoms with Gasteiger partial charge in [0.15, 0.2) is 0 Å². The Balaban J connectivity index is 1.60. The van der Waals surface area contributed by atoms with Gasteiger partial charge in [-0.1, -0.05) is 30.3 Å². The number of anilines is 1. The summed E-state index contributed by atoms with van der Waals surface area (Å²) in [6, 6.07) is 13.3. The number of esters is 2. The van der Waals surface area contributed by atoms with Crippen LogP contribution in [0.2, 0.25) is 0 Å². The van der Waals surface area contributed by atoms with Gasteiger partial charge in [-0.2, -0.15) is 4.31 Å². The van der Waals surface area contributed by atoms with Crippen LogP contribution in [-0.2, 0) is 24.3 Å². The second-order valence-corrected chi connectivity index (χ2v) is 9.54. The molecule has 1 aliphatic heterocycles. The first-order valence-corrected chi connectivity index (χ1v) is 12.3. The highest BCUT2D eigenvalue weighted by molar-refractivity contribution is 7.92. The molecule has 10 nitrogen and oxygen atoms in total. The second-order valence-electron chi connectivity index (χ2n) is 7.73. The Kier molecular flexibility index (Phi) is 8.74. The van der Waals surface area contributed by atoms with Crippen LogP contribution in [0.25, 0.3) is 6.08 Å². The van der Waals surface area contributed by atoms with Crippen molar-refractivity contribution in [1.82, 2.24) is 9.21 Å². The molecule has 1 amide bonds. The number of rotatable bonds is 8. The maximum absolute atomic E-state index is 12.7. The van der Waals surface area contributed by atoms with E-state index in [2.05, 4.69) is 10.1 Å². The van der Waals surface area contributed by atoms with Gasteiger partial charge in [0.05, 0.1) is 37.6 Å². The van der Waals surface area contributed by atoms with Gasteiger partial charge in [-0.3, -0.25) is 9.69 Å². The summed E-state index contributed by atoms with van der Waals surface area (Å²) in [5.41, 5.74) is 1.17. The fourth-order valence-electron chi connectivity index (χ4n) is 3.53. The van der Waals surface area contributed by atoms with Gasteiger partial charge >= 0.3 is 11.9 Å². The van der Waals surface area contributed by atoms with Gasteiger partial charge in [0.2, 0.25) is 15.9 Å². The van der Waals surface area contributed by atoms with E-state index < -0.39 is 27.9 Å². The lowest BCUT2D eigenvalue weighted by molar-refractivity contribution is -0.117. The fraction of sp³-hybridized carbons (Fsp3) is 0.292. The lowest BCUT2D eigenvalue weighted by atomic mass is 10.1. The predicted octanol–water partition coefficient (Wildman–Crippen LogP) is 1.82. The van der Waals surface area contributed by atoms with Crippen molar-refractivity contribution in [3.8, 4) is 0 Å². The van der Waals surface area contributed by atoms with Crippen LogP contribution in [0.4, 0.5) is 5.69 Å². The fourth-order valence-corrected chi connectivity index (χ4v) is 4.70. The third-order valence-corrected chi connectivity index (χ3v) is 6.98. The van der Waals surface area contributed by atoms with E-state index in [9.17, 15) is 22.8 Å². The van der Waals surface area contributed by atoms with Crippen LogP contribution < -0.4 is 5.32 Å². The van der Waals surface area contributed by atoms with E-state index in [0.29, 0.717) is 13.1 Å². The molecule has 0 saturated carbocycles. The summed E-state index contributed by atoms with van der Waals surface area (Å²) in [4.78, 5) is 38.4. The van der Waals surface area contributed by atoms with Gasteiger partial charge in [0.1, 0.15) is 0 Å². The van der Waals surface area contributed by atoms with Gasteiger partial charge in [-0.05, 0) is 29.8 Å². The van der Waals surface area contributed by atoms with Gasteiger partial charge in [0.25, 0.3) is 0 Å². The van der Waals surface area contributed by atoms with E-state index in [1.54, 1.807) is 6.08 Å². The lowest BCUT2D eigenvalue weighted by Gasteiger charge is -2.32. The molecular weight excluding hydrogens is 474 g/mol. The molecule has 1 aliphatic rings. The SMILES string of the molecule is COC(=O)c1ccc(C(=O)OC)c(NC(=O)CN2CCN(S(=O)(=O)C=Cc3ccccc3)CC2)c1. The summed E-state index contributed by atoms with van der Waals surface area (Å²) < 4.78 is 36.1. The molecule has 0 atom stereocenters. The summed E-state index contributed by atoms with van der Waals surface area (Å²) >= 11 is 0.